The zero-order chi connectivity index (χ0) is 26.5. The molecule has 1 heterocycles. The minimum atomic E-state index is -0.151. The molecule has 2 aromatic carbocycles. The van der Waals surface area contributed by atoms with Gasteiger partial charge in [-0.2, -0.15) is 0 Å². The Morgan fingerprint density at radius 3 is 2.57 bits per heavy atom. The van der Waals surface area contributed by atoms with Crippen LogP contribution in [0, 0.1) is 0 Å². The predicted molar refractivity (Wildman–Crippen MR) is 149 cm³/mol. The number of carbonyl (C=O) groups is 1. The lowest BCUT2D eigenvalue weighted by Crippen LogP contribution is -2.26. The maximum atomic E-state index is 12.2. The highest BCUT2D eigenvalue weighted by Crippen LogP contribution is 2.46. The molecule has 9 heteroatoms. The number of rotatable bonds is 15. The quantitative estimate of drug-likeness (QED) is 0.0937. The molecule has 0 aromatic heterocycles. The Bertz CT molecular complexity index is 1050. The first kappa shape index (κ1) is 28.0. The summed E-state index contributed by atoms with van der Waals surface area (Å²) in [6.45, 7) is 3.83. The number of unbranched alkanes of at least 4 members (excludes halogenated alkanes) is 2. The van der Waals surface area contributed by atoms with E-state index in [0.29, 0.717) is 13.1 Å². The Labute approximate surface area is 219 Å². The number of hydrogen-bond acceptors (Lipinski definition) is 6. The van der Waals surface area contributed by atoms with Gasteiger partial charge in [-0.25, -0.2) is 0 Å². The molecular weight excluding hydrogens is 468 g/mol. The molecule has 1 aliphatic heterocycles. The summed E-state index contributed by atoms with van der Waals surface area (Å²) in [5.74, 6) is 1.14. The lowest BCUT2D eigenvalue weighted by Gasteiger charge is -2.20. The average Bonchev–Trinajstić information content (AvgIpc) is 3.25. The maximum Gasteiger partial charge on any atom is 0.243 e. The first-order valence-electron chi connectivity index (χ1n) is 12.9. The number of phenols is 1. The monoisotopic (exact) mass is 508 g/mol. The number of amides is 1. The molecule has 0 spiro atoms. The molecule has 0 radical (unpaired) electrons. The average molecular weight is 509 g/mol. The van der Waals surface area contributed by atoms with Crippen molar-refractivity contribution < 1.29 is 14.6 Å². The molecule has 0 aliphatic carbocycles. The number of nitrogens with zero attached hydrogens (tertiary/aromatic N) is 1. The van der Waals surface area contributed by atoms with Crippen molar-refractivity contribution in [3.05, 3.63) is 65.2 Å². The summed E-state index contributed by atoms with van der Waals surface area (Å²) in [6.07, 6.45) is 7.05. The Kier molecular flexibility index (Phi) is 11.3. The largest absolute Gasteiger partial charge is 0.508 e. The molecule has 2 atom stereocenters. The maximum absolute atomic E-state index is 12.2. The van der Waals surface area contributed by atoms with Crippen LogP contribution in [0.4, 0.5) is 0 Å². The van der Waals surface area contributed by atoms with Crippen LogP contribution in [0.15, 0.2) is 53.5 Å². The van der Waals surface area contributed by atoms with Crippen LogP contribution in [0.5, 0.6) is 11.5 Å². The molecule has 0 saturated carbocycles. The number of aliphatic imine (C=N–C) groups is 1. The number of benzene rings is 2. The van der Waals surface area contributed by atoms with Gasteiger partial charge in [-0.05, 0) is 87.3 Å². The fraction of sp³-hybridized carbons (Fsp3) is 0.429. The molecule has 8 N–H and O–H groups in total. The van der Waals surface area contributed by atoms with Crippen molar-refractivity contribution in [2.24, 2.45) is 16.5 Å². The molecule has 200 valence electrons. The number of ether oxygens (including phenoxy) is 1. The van der Waals surface area contributed by atoms with Crippen molar-refractivity contribution in [2.45, 2.75) is 37.7 Å². The van der Waals surface area contributed by atoms with Crippen LogP contribution < -0.4 is 32.2 Å². The SMILES string of the molecule is CNCCCCNCC1c2cc(/C=C/C(=O)NCCCCN=C(N)N)ccc2OC1c1ccc(O)cc1. The molecule has 1 aliphatic rings. The molecular formula is C28H40N6O3. The van der Waals surface area contributed by atoms with Crippen molar-refractivity contribution in [1.29, 1.82) is 0 Å². The van der Waals surface area contributed by atoms with Gasteiger partial charge in [-0.15, -0.1) is 0 Å². The van der Waals surface area contributed by atoms with Crippen LogP contribution in [0.2, 0.25) is 0 Å². The van der Waals surface area contributed by atoms with E-state index in [2.05, 4.69) is 27.0 Å². The van der Waals surface area contributed by atoms with Crippen molar-refractivity contribution >= 4 is 17.9 Å². The molecule has 1 amide bonds. The number of nitrogens with one attached hydrogen (secondary N) is 3. The summed E-state index contributed by atoms with van der Waals surface area (Å²) in [5, 5.41) is 19.4. The van der Waals surface area contributed by atoms with Gasteiger partial charge in [-0.1, -0.05) is 18.2 Å². The topological polar surface area (TPSA) is 147 Å². The normalized spacial score (nSPS) is 16.4. The van der Waals surface area contributed by atoms with Gasteiger partial charge < -0.3 is 37.3 Å². The highest BCUT2D eigenvalue weighted by Gasteiger charge is 2.35. The van der Waals surface area contributed by atoms with Gasteiger partial charge in [0, 0.05) is 37.2 Å². The molecule has 0 fully saturated rings. The van der Waals surface area contributed by atoms with Gasteiger partial charge >= 0.3 is 0 Å². The van der Waals surface area contributed by atoms with Crippen LogP contribution in [-0.2, 0) is 4.79 Å². The summed E-state index contributed by atoms with van der Waals surface area (Å²) in [7, 11) is 1.97. The van der Waals surface area contributed by atoms with Crippen LogP contribution in [-0.4, -0.2) is 56.7 Å². The Morgan fingerprint density at radius 1 is 1.05 bits per heavy atom. The molecule has 9 nitrogen and oxygen atoms in total. The van der Waals surface area contributed by atoms with Gasteiger partial charge in [0.2, 0.25) is 5.91 Å². The van der Waals surface area contributed by atoms with Gasteiger partial charge in [0.05, 0.1) is 0 Å². The zero-order valence-electron chi connectivity index (χ0n) is 21.6. The molecule has 3 rings (SSSR count). The Morgan fingerprint density at radius 2 is 1.81 bits per heavy atom. The third-order valence-corrected chi connectivity index (χ3v) is 6.27. The van der Waals surface area contributed by atoms with Crippen LogP contribution >= 0.6 is 0 Å². The van der Waals surface area contributed by atoms with E-state index in [1.807, 2.05) is 37.4 Å². The van der Waals surface area contributed by atoms with Crippen molar-refractivity contribution in [3.8, 4) is 11.5 Å². The lowest BCUT2D eigenvalue weighted by atomic mass is 9.90. The minimum absolute atomic E-state index is 0.0867. The minimum Gasteiger partial charge on any atom is -0.508 e. The van der Waals surface area contributed by atoms with E-state index in [1.165, 1.54) is 0 Å². The number of phenolic OH excluding ortho intramolecular Hbond substituents is 1. The summed E-state index contributed by atoms with van der Waals surface area (Å²) in [6, 6.07) is 13.2. The van der Waals surface area contributed by atoms with E-state index in [9.17, 15) is 9.90 Å². The van der Waals surface area contributed by atoms with E-state index in [4.69, 9.17) is 16.2 Å². The molecule has 0 saturated heterocycles. The number of aromatic hydroxyl groups is 1. The summed E-state index contributed by atoms with van der Waals surface area (Å²) < 4.78 is 6.36. The van der Waals surface area contributed by atoms with Crippen LogP contribution in [0.1, 0.15) is 54.4 Å². The first-order chi connectivity index (χ1) is 18.0. The molecule has 2 unspecified atom stereocenters. The van der Waals surface area contributed by atoms with Gasteiger partial charge in [0.15, 0.2) is 5.96 Å². The van der Waals surface area contributed by atoms with Gasteiger partial charge in [-0.3, -0.25) is 9.79 Å². The van der Waals surface area contributed by atoms with E-state index < -0.39 is 0 Å². The van der Waals surface area contributed by atoms with E-state index in [1.54, 1.807) is 18.2 Å². The fourth-order valence-corrected chi connectivity index (χ4v) is 4.33. The smallest absolute Gasteiger partial charge is 0.243 e. The van der Waals surface area contributed by atoms with Gasteiger partial charge in [0.1, 0.15) is 17.6 Å². The van der Waals surface area contributed by atoms with Crippen LogP contribution in [0.25, 0.3) is 6.08 Å². The third-order valence-electron chi connectivity index (χ3n) is 6.27. The van der Waals surface area contributed by atoms with Crippen molar-refractivity contribution in [1.82, 2.24) is 16.0 Å². The first-order valence-corrected chi connectivity index (χ1v) is 12.9. The highest BCUT2D eigenvalue weighted by atomic mass is 16.5. The second-order valence-electron chi connectivity index (χ2n) is 9.19. The summed E-state index contributed by atoms with van der Waals surface area (Å²) in [5.41, 5.74) is 13.7. The van der Waals surface area contributed by atoms with Crippen molar-refractivity contribution in [3.63, 3.8) is 0 Å². The predicted octanol–water partition coefficient (Wildman–Crippen LogP) is 2.38. The fourth-order valence-electron chi connectivity index (χ4n) is 4.33. The van der Waals surface area contributed by atoms with Crippen molar-refractivity contribution in [2.75, 3.05) is 39.8 Å². The molecule has 37 heavy (non-hydrogen) atoms. The molecule has 0 bridgehead atoms. The van der Waals surface area contributed by atoms with Gasteiger partial charge in [0.25, 0.3) is 0 Å². The lowest BCUT2D eigenvalue weighted by molar-refractivity contribution is -0.116. The molecule has 2 aromatic rings. The Balaban J connectivity index is 1.62. The number of hydrogen-bond donors (Lipinski definition) is 6. The third kappa shape index (κ3) is 9.11. The Hall–Kier alpha value is -3.56. The summed E-state index contributed by atoms with van der Waals surface area (Å²) in [4.78, 5) is 16.2. The van der Waals surface area contributed by atoms with E-state index in [0.717, 1.165) is 67.8 Å². The van der Waals surface area contributed by atoms with E-state index >= 15 is 0 Å². The van der Waals surface area contributed by atoms with Crippen LogP contribution in [0.3, 0.4) is 0 Å². The number of fused-ring (bicyclic) bond motifs is 1. The highest BCUT2D eigenvalue weighted by molar-refractivity contribution is 5.91. The number of nitrogens with two attached hydrogens (primary N) is 2. The number of carbonyl (C=O) groups excluding carboxylic acids is 1. The summed E-state index contributed by atoms with van der Waals surface area (Å²) >= 11 is 0. The second-order valence-corrected chi connectivity index (χ2v) is 9.19. The zero-order valence-corrected chi connectivity index (χ0v) is 21.6. The standard InChI is InChI=1S/C28H40N6O3/c1-31-14-2-3-15-32-19-24-23-18-20(7-13-26(36)33-16-4-5-17-34-28(29)30)6-12-25(23)37-27(24)21-8-10-22(35)11-9-21/h6-13,18,24,27,31-32,35H,2-5,14-17,19H2,1H3,(H,33,36)(H4,29,30,34)/b13-7+. The van der Waals surface area contributed by atoms with E-state index in [-0.39, 0.29) is 29.6 Å². The number of guanidine groups is 1. The second kappa shape index (κ2) is 14.9.